The van der Waals surface area contributed by atoms with Gasteiger partial charge in [-0.3, -0.25) is 14.8 Å². The summed E-state index contributed by atoms with van der Waals surface area (Å²) in [6.45, 7) is 5.10. The molecule has 0 saturated carbocycles. The van der Waals surface area contributed by atoms with Crippen LogP contribution in [0.2, 0.25) is 0 Å². The molecule has 1 aliphatic heterocycles. The topological polar surface area (TPSA) is 51.9 Å². The van der Waals surface area contributed by atoms with Crippen LogP contribution in [-0.4, -0.2) is 22.1 Å². The number of nitrogens with one attached hydrogen (secondary N) is 2. The fourth-order valence-corrected chi connectivity index (χ4v) is 2.22. The third kappa shape index (κ3) is 1.13. The second-order valence-electron chi connectivity index (χ2n) is 4.08. The van der Waals surface area contributed by atoms with E-state index in [4.69, 9.17) is 0 Å². The molecule has 1 aromatic heterocycles. The van der Waals surface area contributed by atoms with Crippen LogP contribution in [0.15, 0.2) is 4.79 Å². The fraction of sp³-hybridized carbons (Fsp3) is 0.667. The second kappa shape index (κ2) is 2.73. The molecule has 1 atom stereocenters. The Morgan fingerprint density at radius 2 is 2.15 bits per heavy atom. The van der Waals surface area contributed by atoms with E-state index >= 15 is 0 Å². The summed E-state index contributed by atoms with van der Waals surface area (Å²) in [6.07, 6.45) is 0. The number of aromatic amines is 2. The molecular formula is C9H15N3O. The summed E-state index contributed by atoms with van der Waals surface area (Å²) in [7, 11) is 2.05. The van der Waals surface area contributed by atoms with Gasteiger partial charge in [-0.1, -0.05) is 13.8 Å². The van der Waals surface area contributed by atoms with Crippen LogP contribution in [0.1, 0.15) is 31.1 Å². The average Bonchev–Trinajstić information content (AvgIpc) is 2.51. The third-order valence-corrected chi connectivity index (χ3v) is 2.72. The van der Waals surface area contributed by atoms with Gasteiger partial charge in [-0.2, -0.15) is 0 Å². The molecule has 13 heavy (non-hydrogen) atoms. The monoisotopic (exact) mass is 181 g/mol. The Bertz CT molecular complexity index is 363. The molecule has 1 aromatic rings. The lowest BCUT2D eigenvalue weighted by molar-refractivity contribution is 0.209. The standard InChI is InChI=1S/C9H15N3O/c1-5(2)8-7-6(4-12(8)3)9(13)11-10-7/h5,8H,4H2,1-3H3,(H2,10,11,13). The maximum Gasteiger partial charge on any atom is 0.268 e. The molecule has 2 rings (SSSR count). The Labute approximate surface area is 76.9 Å². The quantitative estimate of drug-likeness (QED) is 0.674. The minimum atomic E-state index is 0.0324. The summed E-state index contributed by atoms with van der Waals surface area (Å²) < 4.78 is 0. The first kappa shape index (κ1) is 8.56. The molecule has 1 unspecified atom stereocenters. The van der Waals surface area contributed by atoms with Gasteiger partial charge in [0.05, 0.1) is 17.3 Å². The van der Waals surface area contributed by atoms with Crippen LogP contribution in [0.4, 0.5) is 0 Å². The van der Waals surface area contributed by atoms with Crippen molar-refractivity contribution < 1.29 is 0 Å². The highest BCUT2D eigenvalue weighted by Gasteiger charge is 2.32. The summed E-state index contributed by atoms with van der Waals surface area (Å²) in [5.41, 5.74) is 2.01. The maximum absolute atomic E-state index is 11.3. The number of aromatic nitrogens is 2. The Hall–Kier alpha value is -1.03. The van der Waals surface area contributed by atoms with Crippen molar-refractivity contribution in [1.82, 2.24) is 15.1 Å². The minimum absolute atomic E-state index is 0.0324. The summed E-state index contributed by atoms with van der Waals surface area (Å²) in [5.74, 6) is 0.526. The van der Waals surface area contributed by atoms with E-state index in [2.05, 4.69) is 36.0 Å². The molecule has 0 fully saturated rings. The Morgan fingerprint density at radius 1 is 1.46 bits per heavy atom. The molecule has 1 aliphatic rings. The molecule has 0 bridgehead atoms. The molecule has 4 heteroatoms. The highest BCUT2D eigenvalue weighted by Crippen LogP contribution is 2.33. The second-order valence-corrected chi connectivity index (χ2v) is 4.08. The van der Waals surface area contributed by atoms with Gasteiger partial charge in [0.1, 0.15) is 0 Å². The van der Waals surface area contributed by atoms with Crippen LogP contribution >= 0.6 is 0 Å². The van der Waals surface area contributed by atoms with Crippen molar-refractivity contribution in [2.45, 2.75) is 26.4 Å². The van der Waals surface area contributed by atoms with Crippen molar-refractivity contribution in [3.05, 3.63) is 21.6 Å². The predicted octanol–water partition coefficient (Wildman–Crippen LogP) is 0.846. The molecule has 0 saturated heterocycles. The van der Waals surface area contributed by atoms with Gasteiger partial charge in [-0.05, 0) is 13.0 Å². The summed E-state index contributed by atoms with van der Waals surface area (Å²) in [4.78, 5) is 13.5. The summed E-state index contributed by atoms with van der Waals surface area (Å²) >= 11 is 0. The first-order valence-electron chi connectivity index (χ1n) is 4.61. The highest BCUT2D eigenvalue weighted by atomic mass is 16.1. The third-order valence-electron chi connectivity index (χ3n) is 2.72. The molecule has 0 radical (unpaired) electrons. The zero-order valence-corrected chi connectivity index (χ0v) is 8.22. The summed E-state index contributed by atoms with van der Waals surface area (Å²) in [5, 5.41) is 5.61. The molecular weight excluding hydrogens is 166 g/mol. The zero-order chi connectivity index (χ0) is 9.59. The normalized spacial score (nSPS) is 22.6. The van der Waals surface area contributed by atoms with Gasteiger partial charge in [0.2, 0.25) is 0 Å². The smallest absolute Gasteiger partial charge is 0.268 e. The summed E-state index contributed by atoms with van der Waals surface area (Å²) in [6, 6.07) is 0.356. The van der Waals surface area contributed by atoms with E-state index in [0.29, 0.717) is 12.0 Å². The molecule has 4 nitrogen and oxygen atoms in total. The number of hydrogen-bond acceptors (Lipinski definition) is 2. The van der Waals surface area contributed by atoms with E-state index in [1.807, 2.05) is 0 Å². The van der Waals surface area contributed by atoms with Gasteiger partial charge >= 0.3 is 0 Å². The van der Waals surface area contributed by atoms with Crippen molar-refractivity contribution in [2.24, 2.45) is 5.92 Å². The number of nitrogens with zero attached hydrogens (tertiary/aromatic N) is 1. The molecule has 0 aliphatic carbocycles. The van der Waals surface area contributed by atoms with E-state index in [1.165, 1.54) is 0 Å². The number of rotatable bonds is 1. The number of H-pyrrole nitrogens is 2. The largest absolute Gasteiger partial charge is 0.300 e. The number of hydrogen-bond donors (Lipinski definition) is 2. The first-order valence-corrected chi connectivity index (χ1v) is 4.61. The van der Waals surface area contributed by atoms with Gasteiger partial charge < -0.3 is 5.10 Å². The van der Waals surface area contributed by atoms with Gasteiger partial charge in [0, 0.05) is 6.54 Å². The van der Waals surface area contributed by atoms with Gasteiger partial charge in [-0.25, -0.2) is 0 Å². The van der Waals surface area contributed by atoms with Gasteiger partial charge in [0.15, 0.2) is 0 Å². The number of fused-ring (bicyclic) bond motifs is 1. The van der Waals surface area contributed by atoms with E-state index in [1.54, 1.807) is 0 Å². The molecule has 0 spiro atoms. The van der Waals surface area contributed by atoms with E-state index in [-0.39, 0.29) is 5.56 Å². The van der Waals surface area contributed by atoms with Crippen LogP contribution in [0, 0.1) is 5.92 Å². The first-order chi connectivity index (χ1) is 6.11. The Kier molecular flexibility index (Phi) is 1.80. The van der Waals surface area contributed by atoms with Crippen molar-refractivity contribution in [1.29, 1.82) is 0 Å². The lowest BCUT2D eigenvalue weighted by atomic mass is 10.0. The van der Waals surface area contributed by atoms with E-state index < -0.39 is 0 Å². The van der Waals surface area contributed by atoms with Gasteiger partial charge in [-0.15, -0.1) is 0 Å². The predicted molar refractivity (Wildman–Crippen MR) is 50.5 cm³/mol. The van der Waals surface area contributed by atoms with Crippen molar-refractivity contribution in [2.75, 3.05) is 7.05 Å². The molecule has 2 heterocycles. The van der Waals surface area contributed by atoms with Crippen LogP contribution in [-0.2, 0) is 6.54 Å². The minimum Gasteiger partial charge on any atom is -0.300 e. The molecule has 2 N–H and O–H groups in total. The zero-order valence-electron chi connectivity index (χ0n) is 8.22. The molecule has 0 amide bonds. The van der Waals surface area contributed by atoms with Crippen molar-refractivity contribution in [3.63, 3.8) is 0 Å². The average molecular weight is 181 g/mol. The van der Waals surface area contributed by atoms with Crippen molar-refractivity contribution in [3.8, 4) is 0 Å². The van der Waals surface area contributed by atoms with Crippen LogP contribution < -0.4 is 5.56 Å². The molecule has 72 valence electrons. The van der Waals surface area contributed by atoms with Crippen molar-refractivity contribution >= 4 is 0 Å². The van der Waals surface area contributed by atoms with E-state index in [9.17, 15) is 4.79 Å². The van der Waals surface area contributed by atoms with Gasteiger partial charge in [0.25, 0.3) is 5.56 Å². The van der Waals surface area contributed by atoms with Crippen LogP contribution in [0.5, 0.6) is 0 Å². The Balaban J connectivity index is 2.46. The highest BCUT2D eigenvalue weighted by molar-refractivity contribution is 5.25. The lowest BCUT2D eigenvalue weighted by Crippen LogP contribution is -2.22. The Morgan fingerprint density at radius 3 is 2.77 bits per heavy atom. The van der Waals surface area contributed by atoms with Crippen LogP contribution in [0.25, 0.3) is 0 Å². The van der Waals surface area contributed by atoms with Crippen LogP contribution in [0.3, 0.4) is 0 Å². The maximum atomic E-state index is 11.3. The molecule has 0 aromatic carbocycles. The SMILES string of the molecule is CC(C)C1c2[nH][nH]c(=O)c2CN1C. The fourth-order valence-electron chi connectivity index (χ4n) is 2.22. The lowest BCUT2D eigenvalue weighted by Gasteiger charge is -2.23. The van der Waals surface area contributed by atoms with E-state index in [0.717, 1.165) is 17.8 Å².